The Morgan fingerprint density at radius 1 is 0.882 bits per heavy atom. The van der Waals surface area contributed by atoms with Gasteiger partial charge in [0.05, 0.1) is 0 Å². The molecule has 0 aliphatic heterocycles. The molecule has 34 heavy (non-hydrogen) atoms. The van der Waals surface area contributed by atoms with Crippen molar-refractivity contribution in [2.24, 2.45) is 5.41 Å². The molecule has 0 saturated heterocycles. The highest BCUT2D eigenvalue weighted by Crippen LogP contribution is 2.35. The second-order valence-corrected chi connectivity index (χ2v) is 9.76. The van der Waals surface area contributed by atoms with E-state index < -0.39 is 0 Å². The standard InChI is InChI=1S/C30H44.2C2H6/c1-12-18-30(10,11)19-14-15-23(7)20-28(21(3)4)29(22(5)6)27-17-16-26(13-2)24(8)25(27)9;2*1-2/h13,16-17,20H,2-3,5,12,14-15,18-19H2,1,4,6-11H3;2*1-2H3/b23-20+,29-28-;;. The summed E-state index contributed by atoms with van der Waals surface area (Å²) in [6.45, 7) is 38.5. The summed E-state index contributed by atoms with van der Waals surface area (Å²) in [6, 6.07) is 4.37. The van der Waals surface area contributed by atoms with E-state index in [0.29, 0.717) is 5.41 Å². The third-order valence-electron chi connectivity index (χ3n) is 6.22. The van der Waals surface area contributed by atoms with Crippen molar-refractivity contribution in [2.75, 3.05) is 0 Å². The minimum atomic E-state index is 0.437. The summed E-state index contributed by atoms with van der Waals surface area (Å²) in [5.41, 5.74) is 11.4. The molecule has 1 rings (SSSR count). The minimum Gasteiger partial charge on any atom is -0.0985 e. The minimum absolute atomic E-state index is 0.437. The molecule has 0 spiro atoms. The van der Waals surface area contributed by atoms with Crippen molar-refractivity contribution in [2.45, 2.75) is 115 Å². The van der Waals surface area contributed by atoms with E-state index in [9.17, 15) is 0 Å². The molecule has 0 nitrogen and oxygen atoms in total. The van der Waals surface area contributed by atoms with Crippen LogP contribution >= 0.6 is 0 Å². The van der Waals surface area contributed by atoms with E-state index in [1.165, 1.54) is 64.7 Å². The van der Waals surface area contributed by atoms with Crippen LogP contribution in [0.15, 0.2) is 60.2 Å². The third kappa shape index (κ3) is 10.9. The van der Waals surface area contributed by atoms with Crippen LogP contribution in [0.2, 0.25) is 0 Å². The zero-order valence-corrected chi connectivity index (χ0v) is 25.0. The number of allylic oxidation sites excluding steroid dienone is 6. The Kier molecular flexibility index (Phi) is 17.4. The average Bonchev–Trinajstić information content (AvgIpc) is 2.78. The van der Waals surface area contributed by atoms with Gasteiger partial charge in [-0.15, -0.1) is 0 Å². The normalized spacial score (nSPS) is 11.9. The smallest absolute Gasteiger partial charge is 0.00828 e. The van der Waals surface area contributed by atoms with Gasteiger partial charge in [-0.2, -0.15) is 0 Å². The van der Waals surface area contributed by atoms with E-state index in [-0.39, 0.29) is 0 Å². The van der Waals surface area contributed by atoms with Crippen molar-refractivity contribution in [1.82, 2.24) is 0 Å². The van der Waals surface area contributed by atoms with E-state index in [2.05, 4.69) is 93.3 Å². The first-order chi connectivity index (χ1) is 15.9. The largest absolute Gasteiger partial charge is 0.0985 e. The lowest BCUT2D eigenvalue weighted by Crippen LogP contribution is -2.10. The van der Waals surface area contributed by atoms with E-state index in [4.69, 9.17) is 0 Å². The number of hydrogen-bond acceptors (Lipinski definition) is 0. The Labute approximate surface area is 214 Å². The molecule has 0 heteroatoms. The van der Waals surface area contributed by atoms with Gasteiger partial charge in [-0.05, 0) is 105 Å². The van der Waals surface area contributed by atoms with Gasteiger partial charge in [0.25, 0.3) is 0 Å². The zero-order valence-electron chi connectivity index (χ0n) is 25.0. The highest BCUT2D eigenvalue weighted by atomic mass is 14.2. The van der Waals surface area contributed by atoms with Crippen LogP contribution in [0.1, 0.15) is 124 Å². The van der Waals surface area contributed by atoms with Crippen molar-refractivity contribution < 1.29 is 0 Å². The van der Waals surface area contributed by atoms with Gasteiger partial charge in [0.15, 0.2) is 0 Å². The fraction of sp³-hybridized carbons (Fsp3) is 0.529. The molecule has 0 fully saturated rings. The van der Waals surface area contributed by atoms with Gasteiger partial charge in [0.1, 0.15) is 0 Å². The van der Waals surface area contributed by atoms with Gasteiger partial charge < -0.3 is 0 Å². The maximum absolute atomic E-state index is 4.32. The van der Waals surface area contributed by atoms with E-state index in [1.807, 2.05) is 33.8 Å². The molecule has 0 atom stereocenters. The van der Waals surface area contributed by atoms with Crippen LogP contribution in [0.3, 0.4) is 0 Å². The van der Waals surface area contributed by atoms with Crippen LogP contribution in [0.25, 0.3) is 11.6 Å². The first-order valence-corrected chi connectivity index (χ1v) is 13.4. The van der Waals surface area contributed by atoms with Crippen molar-refractivity contribution in [1.29, 1.82) is 0 Å². The number of hydrogen-bond donors (Lipinski definition) is 0. The van der Waals surface area contributed by atoms with Gasteiger partial charge in [-0.1, -0.05) is 110 Å². The van der Waals surface area contributed by atoms with Crippen LogP contribution in [0.5, 0.6) is 0 Å². The highest BCUT2D eigenvalue weighted by Gasteiger charge is 2.17. The number of benzene rings is 1. The molecule has 0 radical (unpaired) electrons. The van der Waals surface area contributed by atoms with Gasteiger partial charge in [-0.25, -0.2) is 0 Å². The second kappa shape index (κ2) is 17.4. The van der Waals surface area contributed by atoms with Crippen LogP contribution < -0.4 is 0 Å². The highest BCUT2D eigenvalue weighted by molar-refractivity contribution is 5.87. The van der Waals surface area contributed by atoms with Crippen molar-refractivity contribution in [3.63, 3.8) is 0 Å². The zero-order chi connectivity index (χ0) is 27.1. The summed E-state index contributed by atoms with van der Waals surface area (Å²) in [5, 5.41) is 0. The molecule has 0 amide bonds. The van der Waals surface area contributed by atoms with Crippen molar-refractivity contribution in [3.05, 3.63) is 82.5 Å². The maximum Gasteiger partial charge on any atom is -0.00828 e. The molecule has 1 aromatic rings. The van der Waals surface area contributed by atoms with Crippen LogP contribution in [0.4, 0.5) is 0 Å². The lowest BCUT2D eigenvalue weighted by Gasteiger charge is -2.24. The predicted molar refractivity (Wildman–Crippen MR) is 162 cm³/mol. The molecule has 0 heterocycles. The van der Waals surface area contributed by atoms with Gasteiger partial charge >= 0.3 is 0 Å². The Morgan fingerprint density at radius 2 is 1.44 bits per heavy atom. The molecule has 0 saturated carbocycles. The topological polar surface area (TPSA) is 0 Å². The average molecular weight is 465 g/mol. The molecule has 0 unspecified atom stereocenters. The fourth-order valence-corrected chi connectivity index (χ4v) is 4.31. The lowest BCUT2D eigenvalue weighted by atomic mass is 9.82. The Hall–Kier alpha value is -2.08. The van der Waals surface area contributed by atoms with Crippen molar-refractivity contribution >= 4 is 11.6 Å². The SMILES string of the molecule is C=Cc1ccc(/C(C(=C)C)=C(/C=C(\C)CCCC(C)(C)CCC)C(=C)C)c(C)c1C.CC.CC. The summed E-state index contributed by atoms with van der Waals surface area (Å²) in [6.07, 6.45) is 10.5. The fourth-order valence-electron chi connectivity index (χ4n) is 4.31. The maximum atomic E-state index is 4.32. The van der Waals surface area contributed by atoms with Gasteiger partial charge in [-0.3, -0.25) is 0 Å². The van der Waals surface area contributed by atoms with Gasteiger partial charge in [0, 0.05) is 0 Å². The quantitative estimate of drug-likeness (QED) is 0.286. The van der Waals surface area contributed by atoms with E-state index >= 15 is 0 Å². The first-order valence-electron chi connectivity index (χ1n) is 13.4. The molecule has 0 aliphatic rings. The van der Waals surface area contributed by atoms with Crippen LogP contribution in [-0.2, 0) is 0 Å². The van der Waals surface area contributed by atoms with E-state index in [1.54, 1.807) is 0 Å². The Bertz CT molecular complexity index is 852. The second-order valence-electron chi connectivity index (χ2n) is 9.76. The summed E-state index contributed by atoms with van der Waals surface area (Å²) in [4.78, 5) is 0. The summed E-state index contributed by atoms with van der Waals surface area (Å²) < 4.78 is 0. The lowest BCUT2D eigenvalue weighted by molar-refractivity contribution is 0.296. The molecule has 0 aliphatic carbocycles. The molecular formula is C34H56. The van der Waals surface area contributed by atoms with Crippen molar-refractivity contribution in [3.8, 4) is 0 Å². The monoisotopic (exact) mass is 464 g/mol. The van der Waals surface area contributed by atoms with Gasteiger partial charge in [0.2, 0.25) is 0 Å². The number of rotatable bonds is 11. The van der Waals surface area contributed by atoms with Crippen LogP contribution in [0, 0.1) is 19.3 Å². The summed E-state index contributed by atoms with van der Waals surface area (Å²) >= 11 is 0. The Morgan fingerprint density at radius 3 is 1.88 bits per heavy atom. The van der Waals surface area contributed by atoms with E-state index in [0.717, 1.165) is 17.6 Å². The third-order valence-corrected chi connectivity index (χ3v) is 6.22. The predicted octanol–water partition coefficient (Wildman–Crippen LogP) is 11.8. The Balaban J connectivity index is 0. The molecule has 0 bridgehead atoms. The summed E-state index contributed by atoms with van der Waals surface area (Å²) in [7, 11) is 0. The molecule has 192 valence electrons. The first kappa shape index (κ1) is 34.1. The van der Waals surface area contributed by atoms with Crippen LogP contribution in [-0.4, -0.2) is 0 Å². The molecular weight excluding hydrogens is 408 g/mol. The molecule has 1 aromatic carbocycles. The molecule has 0 N–H and O–H groups in total. The molecule has 0 aromatic heterocycles. The summed E-state index contributed by atoms with van der Waals surface area (Å²) in [5.74, 6) is 0.